The highest BCUT2D eigenvalue weighted by Gasteiger charge is 2.45. The normalized spacial score (nSPS) is 27.5. The van der Waals surface area contributed by atoms with Crippen molar-refractivity contribution in [3.05, 3.63) is 22.8 Å². The minimum Gasteiger partial charge on any atom is -0.460 e. The predicted molar refractivity (Wildman–Crippen MR) is 96.0 cm³/mol. The maximum absolute atomic E-state index is 12.6. The smallest absolute Gasteiger partial charge is 0.312 e. The number of nitrogens with zero attached hydrogens (tertiary/aromatic N) is 2. The molecule has 1 aromatic rings. The number of halogens is 1. The molecule has 5 nitrogen and oxygen atoms in total. The van der Waals surface area contributed by atoms with E-state index in [2.05, 4.69) is 25.8 Å². The molecule has 6 heteroatoms. The monoisotopic (exact) mass is 396 g/mol. The van der Waals surface area contributed by atoms with Crippen LogP contribution in [0.4, 0.5) is 5.82 Å². The van der Waals surface area contributed by atoms with Gasteiger partial charge in [-0.1, -0.05) is 6.07 Å². The number of ether oxygens (including phenoxy) is 2. The van der Waals surface area contributed by atoms with Crippen LogP contribution < -0.4 is 4.90 Å². The number of hydrogen-bond donors (Lipinski definition) is 0. The predicted octanol–water partition coefficient (Wildman–Crippen LogP) is 3.56. The van der Waals surface area contributed by atoms with Crippen LogP contribution in [0.25, 0.3) is 0 Å². The summed E-state index contributed by atoms with van der Waals surface area (Å²) in [6, 6.07) is 6.10. The van der Waals surface area contributed by atoms with E-state index in [-0.39, 0.29) is 24.0 Å². The van der Waals surface area contributed by atoms with Crippen molar-refractivity contribution in [3.63, 3.8) is 0 Å². The molecule has 2 saturated heterocycles. The van der Waals surface area contributed by atoms with E-state index in [1.165, 1.54) is 0 Å². The Kier molecular flexibility index (Phi) is 5.16. The van der Waals surface area contributed by atoms with Crippen LogP contribution in [0.1, 0.15) is 40.0 Å². The molecule has 3 atom stereocenters. The maximum atomic E-state index is 12.6. The van der Waals surface area contributed by atoms with Crippen LogP contribution in [0.3, 0.4) is 0 Å². The van der Waals surface area contributed by atoms with Crippen LogP contribution in [0, 0.1) is 5.92 Å². The topological polar surface area (TPSA) is 51.7 Å². The number of anilines is 1. The number of pyridine rings is 1. The van der Waals surface area contributed by atoms with Crippen molar-refractivity contribution in [2.45, 2.75) is 57.8 Å². The Bertz CT molecular complexity index is 602. The zero-order valence-corrected chi connectivity index (χ0v) is 16.1. The van der Waals surface area contributed by atoms with Crippen molar-refractivity contribution in [3.8, 4) is 0 Å². The quantitative estimate of drug-likeness (QED) is 0.564. The number of aromatic nitrogens is 1. The van der Waals surface area contributed by atoms with Gasteiger partial charge in [-0.3, -0.25) is 4.79 Å². The van der Waals surface area contributed by atoms with Crippen LogP contribution in [-0.2, 0) is 14.3 Å². The van der Waals surface area contributed by atoms with Crippen molar-refractivity contribution >= 4 is 27.7 Å². The van der Waals surface area contributed by atoms with Gasteiger partial charge in [0.15, 0.2) is 0 Å². The van der Waals surface area contributed by atoms with E-state index in [0.29, 0.717) is 6.61 Å². The first-order valence-corrected chi connectivity index (χ1v) is 9.38. The maximum Gasteiger partial charge on any atom is 0.312 e. The average Bonchev–Trinajstić information content (AvgIpc) is 2.52. The van der Waals surface area contributed by atoms with E-state index in [0.717, 1.165) is 36.2 Å². The third kappa shape index (κ3) is 3.91. The Morgan fingerprint density at radius 2 is 2.17 bits per heavy atom. The largest absolute Gasteiger partial charge is 0.460 e. The van der Waals surface area contributed by atoms with Gasteiger partial charge in [0.1, 0.15) is 16.0 Å². The summed E-state index contributed by atoms with van der Waals surface area (Å²) in [5.74, 6) is 0.603. The summed E-state index contributed by atoms with van der Waals surface area (Å²) in [6.45, 7) is 7.22. The fraction of sp³-hybridized carbons (Fsp3) is 0.667. The molecule has 0 aliphatic carbocycles. The summed E-state index contributed by atoms with van der Waals surface area (Å²) in [4.78, 5) is 19.5. The molecule has 0 saturated carbocycles. The lowest BCUT2D eigenvalue weighted by atomic mass is 9.84. The van der Waals surface area contributed by atoms with Crippen molar-refractivity contribution in [1.82, 2.24) is 4.98 Å². The number of hydrogen-bond acceptors (Lipinski definition) is 5. The molecular formula is C18H25BrN2O3. The van der Waals surface area contributed by atoms with Crippen molar-refractivity contribution in [2.75, 3.05) is 18.1 Å². The Labute approximate surface area is 151 Å². The molecule has 2 aliphatic rings. The molecule has 0 radical (unpaired) electrons. The molecule has 24 heavy (non-hydrogen) atoms. The lowest BCUT2D eigenvalue weighted by Crippen LogP contribution is -2.58. The molecule has 0 unspecified atom stereocenters. The van der Waals surface area contributed by atoms with E-state index < -0.39 is 5.60 Å². The average molecular weight is 397 g/mol. The van der Waals surface area contributed by atoms with Gasteiger partial charge in [0.2, 0.25) is 0 Å². The van der Waals surface area contributed by atoms with Gasteiger partial charge >= 0.3 is 5.97 Å². The van der Waals surface area contributed by atoms with Gasteiger partial charge in [-0.15, -0.1) is 0 Å². The SMILES string of the molecule is CC(C)(C)OC(=O)[C@H]1CCN(c2cccc(Br)n2)[C@@H]2CCCO[C@@H]12. The summed E-state index contributed by atoms with van der Waals surface area (Å²) in [5.41, 5.74) is -0.468. The molecule has 1 aromatic heterocycles. The van der Waals surface area contributed by atoms with E-state index in [9.17, 15) is 4.79 Å². The number of carbonyl (C=O) groups excluding carboxylic acids is 1. The van der Waals surface area contributed by atoms with Gasteiger partial charge in [0, 0.05) is 13.2 Å². The fourth-order valence-corrected chi connectivity index (χ4v) is 3.92. The summed E-state index contributed by atoms with van der Waals surface area (Å²) < 4.78 is 12.5. The number of rotatable bonds is 2. The number of fused-ring (bicyclic) bond motifs is 1. The van der Waals surface area contributed by atoms with Crippen LogP contribution in [0.2, 0.25) is 0 Å². The molecule has 2 aliphatic heterocycles. The lowest BCUT2D eigenvalue weighted by Gasteiger charge is -2.47. The molecule has 3 rings (SSSR count). The van der Waals surface area contributed by atoms with Crippen LogP contribution >= 0.6 is 15.9 Å². The standard InChI is InChI=1S/C18H25BrN2O3/c1-18(2,3)24-17(22)12-9-10-21(13-6-5-11-23-16(12)13)15-8-4-7-14(19)20-15/h4,7-8,12-13,16H,5-6,9-11H2,1-3H3/t12-,13+,16-/m0/s1. The van der Waals surface area contributed by atoms with E-state index >= 15 is 0 Å². The van der Waals surface area contributed by atoms with Crippen molar-refractivity contribution in [1.29, 1.82) is 0 Å². The number of carbonyl (C=O) groups is 1. The van der Waals surface area contributed by atoms with Crippen LogP contribution in [0.15, 0.2) is 22.8 Å². The second-order valence-electron chi connectivity index (χ2n) is 7.49. The first-order chi connectivity index (χ1) is 11.3. The van der Waals surface area contributed by atoms with Gasteiger partial charge < -0.3 is 14.4 Å². The van der Waals surface area contributed by atoms with Crippen LogP contribution in [-0.4, -0.2) is 41.9 Å². The summed E-state index contributed by atoms with van der Waals surface area (Å²) in [6.07, 6.45) is 2.62. The van der Waals surface area contributed by atoms with Gasteiger partial charge in [-0.25, -0.2) is 4.98 Å². The molecule has 0 aromatic carbocycles. The van der Waals surface area contributed by atoms with E-state index in [1.807, 2.05) is 39.0 Å². The Hall–Kier alpha value is -1.14. The molecule has 0 N–H and O–H groups in total. The van der Waals surface area contributed by atoms with Gasteiger partial charge in [0.05, 0.1) is 18.1 Å². The van der Waals surface area contributed by atoms with Gasteiger partial charge in [-0.2, -0.15) is 0 Å². The first kappa shape index (κ1) is 17.7. The fourth-order valence-electron chi connectivity index (χ4n) is 3.58. The minimum atomic E-state index is -0.468. The van der Waals surface area contributed by atoms with Crippen molar-refractivity contribution < 1.29 is 14.3 Å². The second kappa shape index (κ2) is 7.00. The Balaban J connectivity index is 1.81. The third-order valence-electron chi connectivity index (χ3n) is 4.52. The minimum absolute atomic E-state index is 0.122. The third-order valence-corrected chi connectivity index (χ3v) is 4.96. The highest BCUT2D eigenvalue weighted by molar-refractivity contribution is 9.10. The lowest BCUT2D eigenvalue weighted by molar-refractivity contribution is -0.170. The summed E-state index contributed by atoms with van der Waals surface area (Å²) in [7, 11) is 0. The zero-order chi connectivity index (χ0) is 17.3. The van der Waals surface area contributed by atoms with Crippen molar-refractivity contribution in [2.24, 2.45) is 5.92 Å². The van der Waals surface area contributed by atoms with E-state index in [1.54, 1.807) is 0 Å². The molecular weight excluding hydrogens is 372 g/mol. The molecule has 0 bridgehead atoms. The van der Waals surface area contributed by atoms with E-state index in [4.69, 9.17) is 9.47 Å². The molecule has 0 amide bonds. The highest BCUT2D eigenvalue weighted by Crippen LogP contribution is 2.35. The highest BCUT2D eigenvalue weighted by atomic mass is 79.9. The summed E-state index contributed by atoms with van der Waals surface area (Å²) in [5, 5.41) is 0. The Morgan fingerprint density at radius 1 is 1.38 bits per heavy atom. The second-order valence-corrected chi connectivity index (χ2v) is 8.30. The first-order valence-electron chi connectivity index (χ1n) is 8.59. The number of esters is 1. The van der Waals surface area contributed by atoms with Crippen LogP contribution in [0.5, 0.6) is 0 Å². The molecule has 0 spiro atoms. The summed E-state index contributed by atoms with van der Waals surface area (Å²) >= 11 is 3.44. The Morgan fingerprint density at radius 3 is 2.88 bits per heavy atom. The molecule has 3 heterocycles. The van der Waals surface area contributed by atoms with Gasteiger partial charge in [0.25, 0.3) is 0 Å². The number of piperidine rings is 1. The molecule has 2 fully saturated rings. The van der Waals surface area contributed by atoms with Gasteiger partial charge in [-0.05, 0) is 68.1 Å². The zero-order valence-electron chi connectivity index (χ0n) is 14.5. The molecule has 132 valence electrons.